The predicted molar refractivity (Wildman–Crippen MR) is 250 cm³/mol. The van der Waals surface area contributed by atoms with E-state index in [1.807, 2.05) is 24.3 Å². The van der Waals surface area contributed by atoms with Crippen molar-refractivity contribution in [3.63, 3.8) is 0 Å². The molecule has 0 amide bonds. The lowest BCUT2D eigenvalue weighted by Gasteiger charge is -2.26. The highest BCUT2D eigenvalue weighted by molar-refractivity contribution is 6.13. The third-order valence-corrected chi connectivity index (χ3v) is 12.4. The smallest absolute Gasteiger partial charge is 0.145 e. The van der Waals surface area contributed by atoms with Crippen LogP contribution in [-0.2, 0) is 0 Å². The Morgan fingerprint density at radius 1 is 0.639 bits per heavy atom. The summed E-state index contributed by atoms with van der Waals surface area (Å²) >= 11 is 0. The molecule has 290 valence electrons. The van der Waals surface area contributed by atoms with Gasteiger partial charge in [0.2, 0.25) is 0 Å². The van der Waals surface area contributed by atoms with Gasteiger partial charge in [-0.2, -0.15) is 5.26 Å². The minimum atomic E-state index is -0.262. The molecule has 2 aliphatic heterocycles. The summed E-state index contributed by atoms with van der Waals surface area (Å²) in [7, 11) is 0. The summed E-state index contributed by atoms with van der Waals surface area (Å²) in [6.45, 7) is 0. The van der Waals surface area contributed by atoms with E-state index in [0.717, 1.165) is 74.2 Å². The van der Waals surface area contributed by atoms with Crippen molar-refractivity contribution in [2.24, 2.45) is 4.99 Å². The fraction of sp³-hybridized carbons (Fsp3) is 0.0877. The van der Waals surface area contributed by atoms with Gasteiger partial charge in [0, 0.05) is 16.6 Å². The van der Waals surface area contributed by atoms with E-state index in [2.05, 4.69) is 187 Å². The van der Waals surface area contributed by atoms with Crippen LogP contribution in [-0.4, -0.2) is 11.8 Å². The van der Waals surface area contributed by atoms with Crippen LogP contribution < -0.4 is 10.1 Å². The standard InChI is InChI=1S/C57H41N3O/c58-36-37-18-20-43(21-19-37)50-34-51-55-47(16-9-17-54(55)61-56(51)49-15-8-7-14-48(49)50)42-26-30-45(31-27-42)53-35-52(44-28-22-40(23-29-44)38-10-3-1-4-11-38)59-57(60-53)46-32-24-41(25-33-46)39-12-5-2-6-13-39/h2-3,5-35,54-55,57,59H,1,4H2. The van der Waals surface area contributed by atoms with Gasteiger partial charge in [-0.1, -0.05) is 170 Å². The number of allylic oxidation sites excluding steroid dienone is 7. The molecule has 3 atom stereocenters. The summed E-state index contributed by atoms with van der Waals surface area (Å²) in [5.74, 6) is 0.975. The van der Waals surface area contributed by atoms with Gasteiger partial charge in [0.05, 0.1) is 23.3 Å². The van der Waals surface area contributed by atoms with Crippen LogP contribution in [0.3, 0.4) is 0 Å². The van der Waals surface area contributed by atoms with Crippen molar-refractivity contribution in [2.45, 2.75) is 31.0 Å². The molecule has 0 radical (unpaired) electrons. The second-order valence-electron chi connectivity index (χ2n) is 16.0. The highest BCUT2D eigenvalue weighted by atomic mass is 16.5. The zero-order chi connectivity index (χ0) is 40.7. The summed E-state index contributed by atoms with van der Waals surface area (Å²) in [6, 6.07) is 58.0. The van der Waals surface area contributed by atoms with Crippen LogP contribution in [0.5, 0.6) is 5.75 Å². The van der Waals surface area contributed by atoms with Gasteiger partial charge in [0.15, 0.2) is 0 Å². The van der Waals surface area contributed by atoms with E-state index in [4.69, 9.17) is 9.73 Å². The minimum absolute atomic E-state index is 0.0291. The Balaban J connectivity index is 0.941. The quantitative estimate of drug-likeness (QED) is 0.175. The van der Waals surface area contributed by atoms with Gasteiger partial charge >= 0.3 is 0 Å². The number of hydrogen-bond acceptors (Lipinski definition) is 4. The number of benzene rings is 7. The van der Waals surface area contributed by atoms with Gasteiger partial charge in [0.1, 0.15) is 18.0 Å². The fourth-order valence-corrected chi connectivity index (χ4v) is 9.23. The zero-order valence-electron chi connectivity index (χ0n) is 33.5. The molecule has 7 aromatic carbocycles. The van der Waals surface area contributed by atoms with Gasteiger partial charge in [-0.25, -0.2) is 0 Å². The number of nitrogens with one attached hydrogen (secondary N) is 1. The SMILES string of the molecule is N#Cc1ccc(-c2cc3c(c4ccccc24)OC2C=CC=C(c4ccc(C5=NC(c6ccc(-c7ccccc7)cc6)NC(c6ccc(C7=CCCC=C7)cc6)=C5)cc4)C32)cc1. The van der Waals surface area contributed by atoms with Crippen LogP contribution in [0.25, 0.3) is 49.9 Å². The van der Waals surface area contributed by atoms with Crippen molar-refractivity contribution in [3.8, 4) is 34.1 Å². The maximum Gasteiger partial charge on any atom is 0.145 e. The molecule has 11 rings (SSSR count). The molecule has 0 spiro atoms. The van der Waals surface area contributed by atoms with Gasteiger partial charge in [-0.05, 0) is 110 Å². The van der Waals surface area contributed by atoms with E-state index >= 15 is 0 Å². The largest absolute Gasteiger partial charge is 0.484 e. The molecule has 4 nitrogen and oxygen atoms in total. The average Bonchev–Trinajstić information content (AvgIpc) is 3.74. The lowest BCUT2D eigenvalue weighted by molar-refractivity contribution is 0.274. The zero-order valence-corrected chi connectivity index (χ0v) is 33.5. The van der Waals surface area contributed by atoms with Crippen molar-refractivity contribution in [3.05, 3.63) is 239 Å². The molecule has 0 bridgehead atoms. The summed E-state index contributed by atoms with van der Waals surface area (Å²) in [6.07, 6.45) is 17.4. The molecule has 61 heavy (non-hydrogen) atoms. The molecule has 0 saturated carbocycles. The maximum absolute atomic E-state index is 9.47. The molecule has 3 unspecified atom stereocenters. The Hall–Kier alpha value is -7.74. The third-order valence-electron chi connectivity index (χ3n) is 12.4. The predicted octanol–water partition coefficient (Wildman–Crippen LogP) is 13.4. The van der Waals surface area contributed by atoms with Crippen molar-refractivity contribution >= 4 is 33.3 Å². The lowest BCUT2D eigenvalue weighted by Crippen LogP contribution is -2.25. The van der Waals surface area contributed by atoms with Crippen molar-refractivity contribution in [2.75, 3.05) is 0 Å². The van der Waals surface area contributed by atoms with Crippen LogP contribution in [0.2, 0.25) is 0 Å². The van der Waals surface area contributed by atoms with Crippen LogP contribution in [0.15, 0.2) is 205 Å². The van der Waals surface area contributed by atoms with Crippen molar-refractivity contribution in [1.82, 2.24) is 5.32 Å². The van der Waals surface area contributed by atoms with Gasteiger partial charge < -0.3 is 10.1 Å². The van der Waals surface area contributed by atoms with Crippen molar-refractivity contribution < 1.29 is 4.74 Å². The summed E-state index contributed by atoms with van der Waals surface area (Å²) in [5.41, 5.74) is 16.6. The molecule has 2 heterocycles. The highest BCUT2D eigenvalue weighted by Gasteiger charge is 2.39. The third kappa shape index (κ3) is 6.81. The molecular weight excluding hydrogens is 743 g/mol. The van der Waals surface area contributed by atoms with E-state index < -0.39 is 0 Å². The molecule has 0 saturated heterocycles. The minimum Gasteiger partial charge on any atom is -0.484 e. The normalized spacial score (nSPS) is 18.7. The fourth-order valence-electron chi connectivity index (χ4n) is 9.23. The molecule has 4 heteroatoms. The Morgan fingerprint density at radius 2 is 1.31 bits per heavy atom. The molecule has 0 aromatic heterocycles. The summed E-state index contributed by atoms with van der Waals surface area (Å²) < 4.78 is 6.79. The van der Waals surface area contributed by atoms with E-state index in [9.17, 15) is 5.26 Å². The van der Waals surface area contributed by atoms with Crippen LogP contribution in [0.4, 0.5) is 0 Å². The Labute approximate surface area is 356 Å². The first-order chi connectivity index (χ1) is 30.2. The van der Waals surface area contributed by atoms with Crippen LogP contribution in [0, 0.1) is 11.3 Å². The summed E-state index contributed by atoms with van der Waals surface area (Å²) in [4.78, 5) is 5.34. The molecule has 2 aliphatic carbocycles. The number of fused-ring (bicyclic) bond motifs is 5. The number of aliphatic imine (C=N–C) groups is 1. The molecular formula is C57H41N3O. The highest BCUT2D eigenvalue weighted by Crippen LogP contribution is 2.52. The Kier molecular flexibility index (Phi) is 9.21. The van der Waals surface area contributed by atoms with Crippen LogP contribution >= 0.6 is 0 Å². The average molecular weight is 784 g/mol. The number of hydrogen-bond donors (Lipinski definition) is 1. The molecule has 4 aliphatic rings. The van der Waals surface area contributed by atoms with Crippen molar-refractivity contribution in [1.29, 1.82) is 5.26 Å². The topological polar surface area (TPSA) is 57.4 Å². The lowest BCUT2D eigenvalue weighted by atomic mass is 9.79. The van der Waals surface area contributed by atoms with Gasteiger partial charge in [-0.3, -0.25) is 4.99 Å². The number of ether oxygens (including phenoxy) is 1. The first kappa shape index (κ1) is 36.3. The maximum atomic E-state index is 9.47. The first-order valence-electron chi connectivity index (χ1n) is 21.1. The number of nitriles is 1. The second-order valence-corrected chi connectivity index (χ2v) is 16.0. The number of nitrogens with zero attached hydrogens (tertiary/aromatic N) is 2. The van der Waals surface area contributed by atoms with Gasteiger partial charge in [0.25, 0.3) is 0 Å². The molecule has 1 N–H and O–H groups in total. The van der Waals surface area contributed by atoms with E-state index in [-0.39, 0.29) is 18.2 Å². The van der Waals surface area contributed by atoms with Crippen LogP contribution in [0.1, 0.15) is 63.9 Å². The van der Waals surface area contributed by atoms with Gasteiger partial charge in [-0.15, -0.1) is 0 Å². The van der Waals surface area contributed by atoms with E-state index in [1.165, 1.54) is 33.4 Å². The summed E-state index contributed by atoms with van der Waals surface area (Å²) in [5, 5.41) is 15.5. The second kappa shape index (κ2) is 15.5. The number of rotatable bonds is 7. The Bertz CT molecular complexity index is 3050. The monoisotopic (exact) mass is 783 g/mol. The van der Waals surface area contributed by atoms with E-state index in [0.29, 0.717) is 5.56 Å². The molecule has 7 aromatic rings. The molecule has 0 fully saturated rings. The van der Waals surface area contributed by atoms with E-state index in [1.54, 1.807) is 0 Å². The first-order valence-corrected chi connectivity index (χ1v) is 21.1. The Morgan fingerprint density at radius 3 is 2.07 bits per heavy atom.